The number of esters is 2. The SMILES string of the molecule is CCCOc1ccc(CNC=C2C(=O)OC(C)(C)OC2=O)cc1OC. The highest BCUT2D eigenvalue weighted by atomic mass is 16.7. The normalized spacial score (nSPS) is 15.9. The number of hydrogen-bond donors (Lipinski definition) is 1. The molecule has 136 valence electrons. The summed E-state index contributed by atoms with van der Waals surface area (Å²) in [6.07, 6.45) is 2.21. The highest BCUT2D eigenvalue weighted by Gasteiger charge is 2.38. The number of ether oxygens (including phenoxy) is 4. The van der Waals surface area contributed by atoms with Gasteiger partial charge in [-0.15, -0.1) is 0 Å². The Morgan fingerprint density at radius 2 is 1.84 bits per heavy atom. The summed E-state index contributed by atoms with van der Waals surface area (Å²) in [4.78, 5) is 23.7. The predicted octanol–water partition coefficient (Wildman–Crippen LogP) is 2.29. The molecule has 0 aromatic heterocycles. The molecule has 1 aliphatic heterocycles. The van der Waals surface area contributed by atoms with Crippen molar-refractivity contribution in [2.45, 2.75) is 39.5 Å². The summed E-state index contributed by atoms with van der Waals surface area (Å²) < 4.78 is 21.0. The van der Waals surface area contributed by atoms with E-state index in [2.05, 4.69) is 5.32 Å². The van der Waals surface area contributed by atoms with Gasteiger partial charge in [0.25, 0.3) is 5.79 Å². The smallest absolute Gasteiger partial charge is 0.350 e. The molecule has 0 aliphatic carbocycles. The molecule has 7 nitrogen and oxygen atoms in total. The Hall–Kier alpha value is -2.70. The van der Waals surface area contributed by atoms with E-state index in [1.165, 1.54) is 20.0 Å². The minimum absolute atomic E-state index is 0.172. The Balaban J connectivity index is 2.01. The zero-order chi connectivity index (χ0) is 18.4. The molecule has 7 heteroatoms. The highest BCUT2D eigenvalue weighted by molar-refractivity contribution is 6.15. The van der Waals surface area contributed by atoms with Crippen LogP contribution in [-0.2, 0) is 25.6 Å². The number of cyclic esters (lactones) is 2. The number of nitrogens with one attached hydrogen (secondary N) is 1. The minimum Gasteiger partial charge on any atom is -0.493 e. The lowest BCUT2D eigenvalue weighted by molar-refractivity contribution is -0.222. The van der Waals surface area contributed by atoms with Gasteiger partial charge in [-0.25, -0.2) is 9.59 Å². The van der Waals surface area contributed by atoms with Crippen molar-refractivity contribution in [3.8, 4) is 11.5 Å². The molecule has 1 aliphatic rings. The second-order valence-corrected chi connectivity index (χ2v) is 5.95. The first-order valence-corrected chi connectivity index (χ1v) is 8.06. The molecule has 1 fully saturated rings. The van der Waals surface area contributed by atoms with Crippen LogP contribution in [0.15, 0.2) is 30.0 Å². The third kappa shape index (κ3) is 4.89. The summed E-state index contributed by atoms with van der Waals surface area (Å²) in [6.45, 7) is 6.03. The van der Waals surface area contributed by atoms with E-state index in [4.69, 9.17) is 18.9 Å². The third-order valence-corrected chi connectivity index (χ3v) is 3.36. The van der Waals surface area contributed by atoms with Crippen molar-refractivity contribution in [1.29, 1.82) is 0 Å². The highest BCUT2D eigenvalue weighted by Crippen LogP contribution is 2.28. The Morgan fingerprint density at radius 1 is 1.16 bits per heavy atom. The number of hydrogen-bond acceptors (Lipinski definition) is 7. The quantitative estimate of drug-likeness (QED) is 0.459. The predicted molar refractivity (Wildman–Crippen MR) is 90.0 cm³/mol. The van der Waals surface area contributed by atoms with Crippen molar-refractivity contribution >= 4 is 11.9 Å². The summed E-state index contributed by atoms with van der Waals surface area (Å²) in [5.41, 5.74) is 0.726. The largest absolute Gasteiger partial charge is 0.493 e. The van der Waals surface area contributed by atoms with Gasteiger partial charge >= 0.3 is 11.9 Å². The summed E-state index contributed by atoms with van der Waals surface area (Å²) in [5.74, 6) is -1.37. The maximum Gasteiger partial charge on any atom is 0.350 e. The van der Waals surface area contributed by atoms with E-state index in [0.717, 1.165) is 12.0 Å². The number of carbonyl (C=O) groups is 2. The molecular formula is C18H23NO6. The van der Waals surface area contributed by atoms with Gasteiger partial charge in [0.2, 0.25) is 0 Å². The van der Waals surface area contributed by atoms with Gasteiger partial charge in [-0.3, -0.25) is 0 Å². The lowest BCUT2D eigenvalue weighted by atomic mass is 10.2. The van der Waals surface area contributed by atoms with Gasteiger partial charge in [-0.1, -0.05) is 13.0 Å². The second-order valence-electron chi connectivity index (χ2n) is 5.95. The van der Waals surface area contributed by atoms with Crippen molar-refractivity contribution in [3.63, 3.8) is 0 Å². The lowest BCUT2D eigenvalue weighted by Gasteiger charge is -2.29. The van der Waals surface area contributed by atoms with E-state index < -0.39 is 17.7 Å². The van der Waals surface area contributed by atoms with E-state index in [9.17, 15) is 9.59 Å². The van der Waals surface area contributed by atoms with E-state index in [-0.39, 0.29) is 5.57 Å². The third-order valence-electron chi connectivity index (χ3n) is 3.36. The fraction of sp³-hybridized carbons (Fsp3) is 0.444. The summed E-state index contributed by atoms with van der Waals surface area (Å²) in [5, 5.41) is 2.91. The molecule has 1 N–H and O–H groups in total. The fourth-order valence-corrected chi connectivity index (χ4v) is 2.20. The van der Waals surface area contributed by atoms with Gasteiger partial charge in [0, 0.05) is 26.6 Å². The Bertz CT molecular complexity index is 658. The van der Waals surface area contributed by atoms with Crippen molar-refractivity contribution in [2.75, 3.05) is 13.7 Å². The standard InChI is InChI=1S/C18H23NO6/c1-5-8-23-14-7-6-12(9-15(14)22-4)10-19-11-13-16(20)24-18(2,3)25-17(13)21/h6-7,9,11,19H,5,8,10H2,1-4H3. The number of rotatable bonds is 7. The maximum absolute atomic E-state index is 11.8. The first-order valence-electron chi connectivity index (χ1n) is 8.06. The molecule has 1 aromatic rings. The van der Waals surface area contributed by atoms with Crippen LogP contribution in [0.4, 0.5) is 0 Å². The average Bonchev–Trinajstić information content (AvgIpc) is 2.54. The van der Waals surface area contributed by atoms with Crippen LogP contribution < -0.4 is 14.8 Å². The molecule has 0 unspecified atom stereocenters. The molecule has 1 saturated heterocycles. The summed E-state index contributed by atoms with van der Waals surface area (Å²) >= 11 is 0. The van der Waals surface area contributed by atoms with Crippen LogP contribution in [0.1, 0.15) is 32.8 Å². The molecule has 1 heterocycles. The second kappa shape index (κ2) is 7.92. The number of benzene rings is 1. The van der Waals surface area contributed by atoms with Crippen LogP contribution >= 0.6 is 0 Å². The Labute approximate surface area is 146 Å². The van der Waals surface area contributed by atoms with Gasteiger partial charge < -0.3 is 24.3 Å². The average molecular weight is 349 g/mol. The van der Waals surface area contributed by atoms with Crippen molar-refractivity contribution in [2.24, 2.45) is 0 Å². The van der Waals surface area contributed by atoms with Crippen LogP contribution in [0.3, 0.4) is 0 Å². The lowest BCUT2D eigenvalue weighted by Crippen LogP contribution is -2.42. The van der Waals surface area contributed by atoms with E-state index in [1.807, 2.05) is 25.1 Å². The first kappa shape index (κ1) is 18.6. The minimum atomic E-state index is -1.24. The van der Waals surface area contributed by atoms with Gasteiger partial charge in [0.05, 0.1) is 13.7 Å². The molecule has 0 atom stereocenters. The topological polar surface area (TPSA) is 83.1 Å². The molecule has 2 rings (SSSR count). The molecule has 1 aromatic carbocycles. The molecule has 0 amide bonds. The molecular weight excluding hydrogens is 326 g/mol. The van der Waals surface area contributed by atoms with Crippen LogP contribution in [-0.4, -0.2) is 31.4 Å². The molecule has 0 radical (unpaired) electrons. The van der Waals surface area contributed by atoms with Crippen molar-refractivity contribution < 1.29 is 28.5 Å². The van der Waals surface area contributed by atoms with E-state index in [1.54, 1.807) is 7.11 Å². The van der Waals surface area contributed by atoms with Gasteiger partial charge in [-0.2, -0.15) is 0 Å². The van der Waals surface area contributed by atoms with Crippen LogP contribution in [0.2, 0.25) is 0 Å². The fourth-order valence-electron chi connectivity index (χ4n) is 2.20. The van der Waals surface area contributed by atoms with Crippen molar-refractivity contribution in [3.05, 3.63) is 35.5 Å². The monoisotopic (exact) mass is 349 g/mol. The van der Waals surface area contributed by atoms with Gasteiger partial charge in [-0.05, 0) is 24.1 Å². The molecule has 25 heavy (non-hydrogen) atoms. The molecule has 0 bridgehead atoms. The summed E-state index contributed by atoms with van der Waals surface area (Å²) in [6, 6.07) is 5.53. The van der Waals surface area contributed by atoms with Crippen molar-refractivity contribution in [1.82, 2.24) is 5.32 Å². The molecule has 0 saturated carbocycles. The number of carbonyl (C=O) groups excluding carboxylic acids is 2. The van der Waals surface area contributed by atoms with Gasteiger partial charge in [0.15, 0.2) is 17.1 Å². The zero-order valence-corrected chi connectivity index (χ0v) is 14.9. The Kier molecular flexibility index (Phi) is 5.90. The number of methoxy groups -OCH3 is 1. The van der Waals surface area contributed by atoms with Gasteiger partial charge in [0.1, 0.15) is 0 Å². The zero-order valence-electron chi connectivity index (χ0n) is 14.9. The summed E-state index contributed by atoms with van der Waals surface area (Å²) in [7, 11) is 1.57. The van der Waals surface area contributed by atoms with Crippen LogP contribution in [0.25, 0.3) is 0 Å². The van der Waals surface area contributed by atoms with Crippen LogP contribution in [0, 0.1) is 0 Å². The van der Waals surface area contributed by atoms with E-state index >= 15 is 0 Å². The maximum atomic E-state index is 11.8. The first-order chi connectivity index (χ1) is 11.9. The van der Waals surface area contributed by atoms with Crippen LogP contribution in [0.5, 0.6) is 11.5 Å². The Morgan fingerprint density at radius 3 is 2.44 bits per heavy atom. The molecule has 0 spiro atoms. The van der Waals surface area contributed by atoms with E-state index in [0.29, 0.717) is 24.7 Å².